The van der Waals surface area contributed by atoms with Crippen molar-refractivity contribution in [3.05, 3.63) is 35.4 Å². The second kappa shape index (κ2) is 4.04. The summed E-state index contributed by atoms with van der Waals surface area (Å²) in [6.45, 7) is 3.22. The lowest BCUT2D eigenvalue weighted by Crippen LogP contribution is -2.11. The number of hydrogen-bond donors (Lipinski definition) is 0. The summed E-state index contributed by atoms with van der Waals surface area (Å²) in [7, 11) is 0. The quantitative estimate of drug-likeness (QED) is 0.681. The fourth-order valence-corrected chi connectivity index (χ4v) is 1.33. The molecule has 1 aromatic carbocycles. The molecule has 0 heterocycles. The SMILES string of the molecule is CC(C)(SF)c1ccc(C(F)(F)F)cc1. The summed E-state index contributed by atoms with van der Waals surface area (Å²) < 4.78 is 48.3. The van der Waals surface area contributed by atoms with Crippen molar-refractivity contribution >= 4 is 12.1 Å². The minimum Gasteiger partial charge on any atom is -0.166 e. The molecule has 0 aliphatic carbocycles. The van der Waals surface area contributed by atoms with E-state index in [0.29, 0.717) is 5.56 Å². The summed E-state index contributed by atoms with van der Waals surface area (Å²) >= 11 is 0.112. The van der Waals surface area contributed by atoms with Crippen LogP contribution in [0.3, 0.4) is 0 Å². The molecule has 0 saturated carbocycles. The zero-order chi connectivity index (χ0) is 11.7. The van der Waals surface area contributed by atoms with Crippen LogP contribution < -0.4 is 0 Å². The van der Waals surface area contributed by atoms with Gasteiger partial charge in [0.05, 0.1) is 22.5 Å². The molecule has 15 heavy (non-hydrogen) atoms. The van der Waals surface area contributed by atoms with Crippen LogP contribution in [0.5, 0.6) is 0 Å². The highest BCUT2D eigenvalue weighted by atomic mass is 32.2. The van der Waals surface area contributed by atoms with Crippen molar-refractivity contribution in [1.82, 2.24) is 0 Å². The Morgan fingerprint density at radius 1 is 0.933 bits per heavy atom. The lowest BCUT2D eigenvalue weighted by molar-refractivity contribution is -0.137. The van der Waals surface area contributed by atoms with Crippen LogP contribution in [-0.4, -0.2) is 0 Å². The molecule has 0 radical (unpaired) electrons. The van der Waals surface area contributed by atoms with Crippen molar-refractivity contribution in [1.29, 1.82) is 0 Å². The van der Waals surface area contributed by atoms with Gasteiger partial charge in [-0.25, -0.2) is 0 Å². The first-order chi connectivity index (χ1) is 6.77. The molecule has 0 saturated heterocycles. The first-order valence-electron chi connectivity index (χ1n) is 4.25. The zero-order valence-electron chi connectivity index (χ0n) is 8.23. The average Bonchev–Trinajstić information content (AvgIpc) is 2.17. The lowest BCUT2D eigenvalue weighted by atomic mass is 10.0. The number of hydrogen-bond acceptors (Lipinski definition) is 1. The van der Waals surface area contributed by atoms with Gasteiger partial charge in [0.25, 0.3) is 0 Å². The van der Waals surface area contributed by atoms with E-state index in [4.69, 9.17) is 0 Å². The van der Waals surface area contributed by atoms with Crippen molar-refractivity contribution in [2.45, 2.75) is 24.8 Å². The fourth-order valence-electron chi connectivity index (χ4n) is 1.11. The van der Waals surface area contributed by atoms with E-state index in [1.807, 2.05) is 0 Å². The van der Waals surface area contributed by atoms with E-state index in [0.717, 1.165) is 12.1 Å². The van der Waals surface area contributed by atoms with Gasteiger partial charge in [0.2, 0.25) is 0 Å². The van der Waals surface area contributed by atoms with Gasteiger partial charge in [0, 0.05) is 0 Å². The Balaban J connectivity index is 3.01. The summed E-state index contributed by atoms with van der Waals surface area (Å²) in [5.41, 5.74) is -0.186. The van der Waals surface area contributed by atoms with Gasteiger partial charge in [-0.1, -0.05) is 12.1 Å². The summed E-state index contributed by atoms with van der Waals surface area (Å²) in [5, 5.41) is 0. The molecular formula is C10H10F4S. The molecule has 1 aromatic rings. The Bertz CT molecular complexity index is 326. The molecule has 0 N–H and O–H groups in total. The maximum atomic E-state index is 12.5. The Kier molecular flexibility index (Phi) is 3.33. The van der Waals surface area contributed by atoms with Crippen LogP contribution in [0.25, 0.3) is 0 Å². The molecule has 0 nitrogen and oxygen atoms in total. The number of halogens is 4. The molecular weight excluding hydrogens is 228 g/mol. The van der Waals surface area contributed by atoms with E-state index >= 15 is 0 Å². The second-order valence-corrected chi connectivity index (χ2v) is 4.84. The van der Waals surface area contributed by atoms with Crippen LogP contribution >= 0.6 is 12.1 Å². The van der Waals surface area contributed by atoms with Crippen LogP contribution in [0.15, 0.2) is 24.3 Å². The zero-order valence-corrected chi connectivity index (χ0v) is 9.05. The third-order valence-electron chi connectivity index (χ3n) is 2.10. The van der Waals surface area contributed by atoms with Gasteiger partial charge in [0.15, 0.2) is 0 Å². The summed E-state index contributed by atoms with van der Waals surface area (Å²) in [6, 6.07) is 4.53. The van der Waals surface area contributed by atoms with E-state index in [9.17, 15) is 17.1 Å². The lowest BCUT2D eigenvalue weighted by Gasteiger charge is -2.19. The van der Waals surface area contributed by atoms with Crippen molar-refractivity contribution in [3.8, 4) is 0 Å². The van der Waals surface area contributed by atoms with Crippen molar-refractivity contribution in [2.75, 3.05) is 0 Å². The summed E-state index contributed by atoms with van der Waals surface area (Å²) in [5.74, 6) is 0. The summed E-state index contributed by atoms with van der Waals surface area (Å²) in [4.78, 5) is 0. The van der Waals surface area contributed by atoms with E-state index in [1.54, 1.807) is 13.8 Å². The Hall–Kier alpha value is -0.710. The maximum Gasteiger partial charge on any atom is 0.416 e. The first kappa shape index (κ1) is 12.4. The molecule has 0 bridgehead atoms. The van der Waals surface area contributed by atoms with Gasteiger partial charge in [-0.15, -0.1) is 0 Å². The highest BCUT2D eigenvalue weighted by Crippen LogP contribution is 2.37. The van der Waals surface area contributed by atoms with Crippen LogP contribution in [-0.2, 0) is 10.9 Å². The smallest absolute Gasteiger partial charge is 0.166 e. The molecule has 0 atom stereocenters. The Labute approximate surface area is 90.0 Å². The molecule has 0 spiro atoms. The van der Waals surface area contributed by atoms with Crippen molar-refractivity contribution < 1.29 is 17.1 Å². The first-order valence-corrected chi connectivity index (χ1v) is 4.96. The van der Waals surface area contributed by atoms with E-state index in [2.05, 4.69) is 0 Å². The summed E-state index contributed by atoms with van der Waals surface area (Å²) in [6.07, 6.45) is -4.34. The maximum absolute atomic E-state index is 12.5. The molecule has 0 fully saturated rings. The highest BCUT2D eigenvalue weighted by molar-refractivity contribution is 7.95. The Morgan fingerprint density at radius 2 is 1.33 bits per heavy atom. The number of alkyl halides is 3. The molecule has 0 unspecified atom stereocenters. The minimum atomic E-state index is -4.34. The van der Waals surface area contributed by atoms with Gasteiger partial charge in [-0.3, -0.25) is 0 Å². The van der Waals surface area contributed by atoms with E-state index in [-0.39, 0.29) is 12.1 Å². The Morgan fingerprint density at radius 3 is 1.67 bits per heavy atom. The fraction of sp³-hybridized carbons (Fsp3) is 0.400. The van der Waals surface area contributed by atoms with Crippen LogP contribution in [0.2, 0.25) is 0 Å². The predicted octanol–water partition coefficient (Wildman–Crippen LogP) is 4.56. The molecule has 84 valence electrons. The standard InChI is InChI=1S/C10H10F4S/c1-9(2,15-14)7-3-5-8(6-4-7)10(11,12)13/h3-6H,1-2H3. The van der Waals surface area contributed by atoms with Gasteiger partial charge >= 0.3 is 6.18 Å². The molecule has 5 heteroatoms. The van der Waals surface area contributed by atoms with Crippen LogP contribution in [0, 0.1) is 0 Å². The van der Waals surface area contributed by atoms with E-state index < -0.39 is 16.5 Å². The monoisotopic (exact) mass is 238 g/mol. The predicted molar refractivity (Wildman–Crippen MR) is 53.2 cm³/mol. The second-order valence-electron chi connectivity index (χ2n) is 3.66. The third-order valence-corrected chi connectivity index (χ3v) is 2.72. The van der Waals surface area contributed by atoms with Crippen molar-refractivity contribution in [2.24, 2.45) is 0 Å². The average molecular weight is 238 g/mol. The molecule has 0 aliphatic heterocycles. The van der Waals surface area contributed by atoms with Gasteiger partial charge in [-0.2, -0.15) is 17.1 Å². The largest absolute Gasteiger partial charge is 0.416 e. The number of benzene rings is 1. The topological polar surface area (TPSA) is 0 Å². The van der Waals surface area contributed by atoms with Gasteiger partial charge in [-0.05, 0) is 31.5 Å². The minimum absolute atomic E-state index is 0.112. The normalized spacial score (nSPS) is 12.9. The van der Waals surface area contributed by atoms with Gasteiger partial charge < -0.3 is 0 Å². The van der Waals surface area contributed by atoms with Crippen molar-refractivity contribution in [3.63, 3.8) is 0 Å². The molecule has 0 amide bonds. The number of rotatable bonds is 2. The third kappa shape index (κ3) is 2.87. The molecule has 0 aliphatic rings. The van der Waals surface area contributed by atoms with Crippen LogP contribution in [0.1, 0.15) is 25.0 Å². The molecule has 1 rings (SSSR count). The highest BCUT2D eigenvalue weighted by Gasteiger charge is 2.31. The van der Waals surface area contributed by atoms with Gasteiger partial charge in [0.1, 0.15) is 0 Å². The molecule has 0 aromatic heterocycles. The van der Waals surface area contributed by atoms with Crippen LogP contribution in [0.4, 0.5) is 17.1 Å². The van der Waals surface area contributed by atoms with E-state index in [1.165, 1.54) is 12.1 Å².